The number of hydrogen-bond acceptors (Lipinski definition) is 6. The highest BCUT2D eigenvalue weighted by Gasteiger charge is 2.39. The molecule has 338 valence electrons. The maximum Gasteiger partial charge on any atom is 0.141 e. The van der Waals surface area contributed by atoms with Gasteiger partial charge in [-0.15, -0.1) is 0 Å². The highest BCUT2D eigenvalue weighted by atomic mass is 16.3. The summed E-state index contributed by atoms with van der Waals surface area (Å²) in [6.45, 7) is 0.837. The lowest BCUT2D eigenvalue weighted by molar-refractivity contribution is 0.419. The minimum atomic E-state index is -0.182. The monoisotopic (exact) mass is 889 g/mol. The Morgan fingerprint density at radius 3 is 2.44 bits per heavy atom. The molecule has 5 aromatic rings. The molecule has 4 unspecified atom stereocenters. The predicted octanol–water partition coefficient (Wildman–Crippen LogP) is 14.5. The van der Waals surface area contributed by atoms with Crippen LogP contribution in [0.5, 0.6) is 0 Å². The highest BCUT2D eigenvalue weighted by molar-refractivity contribution is 6.11. The lowest BCUT2D eigenvalue weighted by Gasteiger charge is -2.38. The second-order valence-corrected chi connectivity index (χ2v) is 19.8. The third-order valence-electron chi connectivity index (χ3n) is 15.7. The van der Waals surface area contributed by atoms with Gasteiger partial charge in [0.1, 0.15) is 29.3 Å². The predicted molar refractivity (Wildman–Crippen MR) is 281 cm³/mol. The third kappa shape index (κ3) is 7.41. The summed E-state index contributed by atoms with van der Waals surface area (Å²) in [6.07, 6.45) is 38.6. The summed E-state index contributed by atoms with van der Waals surface area (Å²) in [7, 11) is 0. The third-order valence-corrected chi connectivity index (χ3v) is 15.7. The van der Waals surface area contributed by atoms with E-state index in [1.165, 1.54) is 91.0 Å². The molecule has 3 aliphatic heterocycles. The number of benzene rings is 4. The fraction of sp³-hybridized carbons (Fsp3) is 0.274. The molecular formula is C62H59N5O. The van der Waals surface area contributed by atoms with Crippen molar-refractivity contribution >= 4 is 44.7 Å². The summed E-state index contributed by atoms with van der Waals surface area (Å²) in [4.78, 5) is 8.13. The van der Waals surface area contributed by atoms with Gasteiger partial charge in [0.05, 0.1) is 5.69 Å². The molecule has 0 bridgehead atoms. The molecule has 0 saturated heterocycles. The van der Waals surface area contributed by atoms with Gasteiger partial charge in [0, 0.05) is 57.4 Å². The first-order chi connectivity index (χ1) is 33.7. The fourth-order valence-electron chi connectivity index (χ4n) is 12.3. The number of furan rings is 1. The van der Waals surface area contributed by atoms with E-state index in [1.807, 2.05) is 0 Å². The number of rotatable bonds is 8. The molecule has 5 aliphatic carbocycles. The Morgan fingerprint density at radius 1 is 0.706 bits per heavy atom. The topological polar surface area (TPSA) is 64.8 Å². The molecule has 8 aliphatic rings. The maximum absolute atomic E-state index is 7.00. The van der Waals surface area contributed by atoms with Crippen LogP contribution in [0.15, 0.2) is 207 Å². The van der Waals surface area contributed by atoms with Gasteiger partial charge in [0.2, 0.25) is 0 Å². The summed E-state index contributed by atoms with van der Waals surface area (Å²) in [5.41, 5.74) is 20.6. The van der Waals surface area contributed by atoms with Gasteiger partial charge < -0.3 is 20.0 Å². The molecule has 6 nitrogen and oxygen atoms in total. The normalized spacial score (nSPS) is 24.7. The standard InChI is InChI=1S/C62H59N5O/c1-6-18-40(19-7-1)44-30-32-48(41-20-8-2-9-21-41)51(36-44)46-38-53(62-65-60(42-22-10-3-11-23-42)64-61(66-62)43-24-12-4-13-25-43)58(63-39-46)45-31-35-56-52(37-45)49-33-34-55-57(59(49)68-56)50-28-16-17-29-54(50)67(55)47-26-14-5-15-27-47/h1-3,6-8,10-11,14,16-20,22-24,26-27,29,31,33-37,46,50,60-61,63-64H,4-5,9,12-13,15,21,25,28,30,32,38-39H2,(H,65,66). The number of amidine groups is 1. The smallest absolute Gasteiger partial charge is 0.141 e. The minimum absolute atomic E-state index is 0.00857. The number of hydrogen-bond donors (Lipinski definition) is 3. The van der Waals surface area contributed by atoms with Crippen LogP contribution in [0.4, 0.5) is 5.69 Å². The molecule has 4 aromatic carbocycles. The second kappa shape index (κ2) is 17.6. The van der Waals surface area contributed by atoms with Crippen LogP contribution in [0.25, 0.3) is 33.2 Å². The van der Waals surface area contributed by atoms with Gasteiger partial charge in [0.25, 0.3) is 0 Å². The van der Waals surface area contributed by atoms with Crippen LogP contribution in [0.2, 0.25) is 0 Å². The fourth-order valence-corrected chi connectivity index (χ4v) is 12.3. The van der Waals surface area contributed by atoms with Gasteiger partial charge in [-0.3, -0.25) is 5.32 Å². The molecule has 68 heavy (non-hydrogen) atoms. The van der Waals surface area contributed by atoms with Gasteiger partial charge in [-0.1, -0.05) is 115 Å². The average Bonchev–Trinajstić information content (AvgIpc) is 3.97. The van der Waals surface area contributed by atoms with Gasteiger partial charge in [-0.05, 0) is 164 Å². The van der Waals surface area contributed by atoms with Crippen LogP contribution in [0.3, 0.4) is 0 Å². The van der Waals surface area contributed by atoms with Crippen molar-refractivity contribution in [1.82, 2.24) is 16.0 Å². The molecule has 0 radical (unpaired) electrons. The number of fused-ring (bicyclic) bond motifs is 7. The van der Waals surface area contributed by atoms with E-state index in [0.29, 0.717) is 0 Å². The van der Waals surface area contributed by atoms with Crippen molar-refractivity contribution in [2.45, 2.75) is 95.3 Å². The van der Waals surface area contributed by atoms with Crippen LogP contribution in [0, 0.1) is 5.92 Å². The summed E-state index contributed by atoms with van der Waals surface area (Å²) in [6, 6.07) is 33.4. The van der Waals surface area contributed by atoms with Crippen LogP contribution < -0.4 is 20.9 Å². The molecule has 0 fully saturated rings. The second-order valence-electron chi connectivity index (χ2n) is 19.8. The molecule has 6 heteroatoms. The number of nitrogens with one attached hydrogen (secondary N) is 3. The molecule has 13 rings (SSSR count). The molecule has 0 amide bonds. The van der Waals surface area contributed by atoms with Crippen molar-refractivity contribution < 1.29 is 4.42 Å². The summed E-state index contributed by atoms with van der Waals surface area (Å²) in [5, 5.41) is 14.5. The van der Waals surface area contributed by atoms with Crippen molar-refractivity contribution in [3.8, 4) is 0 Å². The van der Waals surface area contributed by atoms with Gasteiger partial charge in [0.15, 0.2) is 0 Å². The van der Waals surface area contributed by atoms with Crippen LogP contribution in [-0.2, 0) is 0 Å². The molecule has 3 N–H and O–H groups in total. The average molecular weight is 890 g/mol. The van der Waals surface area contributed by atoms with E-state index in [2.05, 4.69) is 179 Å². The lowest BCUT2D eigenvalue weighted by Crippen LogP contribution is -2.53. The van der Waals surface area contributed by atoms with Crippen LogP contribution in [-0.4, -0.2) is 18.5 Å². The largest absolute Gasteiger partial charge is 0.456 e. The molecule has 0 saturated carbocycles. The summed E-state index contributed by atoms with van der Waals surface area (Å²) < 4.78 is 7.00. The van der Waals surface area contributed by atoms with Crippen molar-refractivity contribution in [2.24, 2.45) is 10.9 Å². The van der Waals surface area contributed by atoms with E-state index in [1.54, 1.807) is 0 Å². The van der Waals surface area contributed by atoms with E-state index >= 15 is 0 Å². The summed E-state index contributed by atoms with van der Waals surface area (Å²) >= 11 is 0. The maximum atomic E-state index is 7.00. The Bertz CT molecular complexity index is 3200. The minimum Gasteiger partial charge on any atom is -0.456 e. The van der Waals surface area contributed by atoms with E-state index in [-0.39, 0.29) is 24.2 Å². The van der Waals surface area contributed by atoms with Crippen molar-refractivity contribution in [2.75, 3.05) is 11.4 Å². The zero-order valence-corrected chi connectivity index (χ0v) is 38.8. The first-order valence-corrected chi connectivity index (χ1v) is 25.4. The Kier molecular flexibility index (Phi) is 10.7. The zero-order valence-electron chi connectivity index (χ0n) is 38.8. The Balaban J connectivity index is 0.964. The molecular weight excluding hydrogens is 831 g/mol. The van der Waals surface area contributed by atoms with Crippen molar-refractivity contribution in [3.63, 3.8) is 0 Å². The Labute approximate surface area is 400 Å². The summed E-state index contributed by atoms with van der Waals surface area (Å²) in [5.74, 6) is 1.49. The number of allylic oxidation sites excluding steroid dienone is 15. The van der Waals surface area contributed by atoms with Crippen LogP contribution in [0.1, 0.15) is 111 Å². The molecule has 4 atom stereocenters. The molecule has 1 aromatic heterocycles. The Hall–Kier alpha value is -6.89. The highest BCUT2D eigenvalue weighted by Crippen LogP contribution is 2.53. The SMILES string of the molecule is C1=CCCC(C2=C(C3CNC(c4ccc5oc6c7c(ccc6c5c4)N(C4=CCCC=C4)C4=CC=CCC47)=C(C4=NC(c5ccccc5)NC(C5=CCCCC5)N4)C3)C=C(c3ccccc3)CC2)=C1. The number of anilines is 1. The van der Waals surface area contributed by atoms with Gasteiger partial charge in [-0.2, -0.15) is 0 Å². The number of aliphatic imine (C=N–C) groups is 1. The quantitative estimate of drug-likeness (QED) is 0.136. The Morgan fingerprint density at radius 2 is 1.60 bits per heavy atom. The first kappa shape index (κ1) is 41.3. The number of nitrogens with zero attached hydrogens (tertiary/aromatic N) is 2. The molecule has 0 spiro atoms. The first-order valence-electron chi connectivity index (χ1n) is 25.4. The van der Waals surface area contributed by atoms with Gasteiger partial charge >= 0.3 is 0 Å². The van der Waals surface area contributed by atoms with Gasteiger partial charge in [-0.25, -0.2) is 4.99 Å². The van der Waals surface area contributed by atoms with Crippen LogP contribution >= 0.6 is 0 Å². The van der Waals surface area contributed by atoms with E-state index in [9.17, 15) is 0 Å². The van der Waals surface area contributed by atoms with E-state index < -0.39 is 0 Å². The molecule has 4 heterocycles. The van der Waals surface area contributed by atoms with Crippen molar-refractivity contribution in [3.05, 3.63) is 219 Å². The lowest BCUT2D eigenvalue weighted by atomic mass is 9.75. The van der Waals surface area contributed by atoms with E-state index in [0.717, 1.165) is 98.8 Å². The zero-order chi connectivity index (χ0) is 45.0. The van der Waals surface area contributed by atoms with E-state index in [4.69, 9.17) is 9.41 Å². The van der Waals surface area contributed by atoms with Crippen molar-refractivity contribution in [1.29, 1.82) is 0 Å².